The molecule has 0 saturated carbocycles. The number of carbonyl (C=O) groups is 6. The molecule has 3 rings (SSSR count). The largest absolute Gasteiger partial charge is 0.507 e. The Morgan fingerprint density at radius 1 is 1.24 bits per heavy atom. The van der Waals surface area contributed by atoms with E-state index in [4.69, 9.17) is 9.84 Å². The van der Waals surface area contributed by atoms with Gasteiger partial charge in [-0.05, 0) is 44.7 Å². The summed E-state index contributed by atoms with van der Waals surface area (Å²) in [5, 5.41) is 44.9. The van der Waals surface area contributed by atoms with Crippen LogP contribution in [0, 0.1) is 12.8 Å². The third kappa shape index (κ3) is 9.95. The Balaban J connectivity index is 1.71. The maximum Gasteiger partial charge on any atom is 0.305 e. The van der Waals surface area contributed by atoms with E-state index in [0.29, 0.717) is 23.6 Å². The second-order valence-electron chi connectivity index (χ2n) is 11.0. The Hall–Kier alpha value is -4.61. The van der Waals surface area contributed by atoms with E-state index in [2.05, 4.69) is 21.1 Å². The number of carboxylic acid groups (broad SMARTS) is 1. The molecule has 4 atom stereocenters. The number of aliphatic hydroxyl groups is 1. The Kier molecular flexibility index (Phi) is 13.4. The van der Waals surface area contributed by atoms with Crippen molar-refractivity contribution in [3.05, 3.63) is 29.3 Å². The number of amides is 4. The SMILES string of the molecule is Cc1ccc(O)c(C2=NC(C(=O)NC(CO)C(=O)CC(CCCN(O)C=O)C(=O)N3NCCCC3C(=O)NCCC(=O)O)CO2)c1. The normalized spacial score (nSPS) is 18.8. The predicted molar refractivity (Wildman–Crippen MR) is 158 cm³/mol. The number of hydroxylamine groups is 2. The fraction of sp³-hybridized carbons (Fsp3) is 0.552. The summed E-state index contributed by atoms with van der Waals surface area (Å²) >= 11 is 0. The van der Waals surface area contributed by atoms with Gasteiger partial charge in [0.2, 0.25) is 30.0 Å². The molecule has 1 fully saturated rings. The number of hydrazine groups is 1. The number of phenols is 1. The fourth-order valence-corrected chi connectivity index (χ4v) is 5.04. The molecular weight excluding hydrogens is 608 g/mol. The third-order valence-corrected chi connectivity index (χ3v) is 7.51. The quantitative estimate of drug-likeness (QED) is 0.0586. The maximum absolute atomic E-state index is 13.7. The molecule has 0 bridgehead atoms. The van der Waals surface area contributed by atoms with Crippen LogP contribution in [-0.4, -0.2) is 123 Å². The van der Waals surface area contributed by atoms with Gasteiger partial charge in [-0.2, -0.15) is 0 Å². The van der Waals surface area contributed by atoms with Gasteiger partial charge < -0.3 is 30.7 Å². The van der Waals surface area contributed by atoms with Crippen molar-refractivity contribution in [3.63, 3.8) is 0 Å². The Bertz CT molecular complexity index is 1320. The van der Waals surface area contributed by atoms with E-state index in [0.717, 1.165) is 10.6 Å². The lowest BCUT2D eigenvalue weighted by atomic mass is 9.92. The standard InChI is InChI=1S/C29H40N6O11/c1-17-6-7-23(38)19(12-17)28-33-21(15-46-28)26(42)32-20(14-36)24(39)13-18(4-3-11-34(45)16-37)29(44)35-22(5-2-9-31-35)27(43)30-10-8-25(40)41/h6-7,12,16,18,20-22,31,36,38,45H,2-5,8-11,13-15H2,1H3,(H,30,43)(H,32,42)(H,40,41). The number of carboxylic acids is 1. The smallest absolute Gasteiger partial charge is 0.305 e. The van der Waals surface area contributed by atoms with Crippen molar-refractivity contribution in [2.24, 2.45) is 10.9 Å². The van der Waals surface area contributed by atoms with E-state index in [-0.39, 0.29) is 63.4 Å². The van der Waals surface area contributed by atoms with E-state index in [1.54, 1.807) is 19.1 Å². The number of ether oxygens (including phenoxy) is 1. The number of nitrogens with zero attached hydrogens (tertiary/aromatic N) is 3. The molecule has 0 aromatic heterocycles. The van der Waals surface area contributed by atoms with E-state index in [1.807, 2.05) is 0 Å². The predicted octanol–water partition coefficient (Wildman–Crippen LogP) is -1.39. The van der Waals surface area contributed by atoms with Gasteiger partial charge >= 0.3 is 5.97 Å². The summed E-state index contributed by atoms with van der Waals surface area (Å²) in [7, 11) is 0. The van der Waals surface area contributed by atoms with E-state index in [9.17, 15) is 44.2 Å². The molecule has 17 nitrogen and oxygen atoms in total. The minimum absolute atomic E-state index is 0.00277. The van der Waals surface area contributed by atoms with Crippen molar-refractivity contribution >= 4 is 41.8 Å². The van der Waals surface area contributed by atoms with Crippen LogP contribution in [0.25, 0.3) is 0 Å². The zero-order chi connectivity index (χ0) is 33.8. The number of aliphatic hydroxyl groups excluding tert-OH is 1. The number of aromatic hydroxyl groups is 1. The average molecular weight is 649 g/mol. The average Bonchev–Trinajstić information content (AvgIpc) is 3.53. The van der Waals surface area contributed by atoms with Crippen molar-refractivity contribution in [3.8, 4) is 5.75 Å². The Labute approximate surface area is 264 Å². The summed E-state index contributed by atoms with van der Waals surface area (Å²) in [6.45, 7) is 0.899. The van der Waals surface area contributed by atoms with E-state index < -0.39 is 66.5 Å². The summed E-state index contributed by atoms with van der Waals surface area (Å²) in [6, 6.07) is 1.31. The van der Waals surface area contributed by atoms with Crippen LogP contribution in [-0.2, 0) is 33.5 Å². The highest BCUT2D eigenvalue weighted by atomic mass is 16.5. The fourth-order valence-electron chi connectivity index (χ4n) is 5.04. The number of nitrogens with one attached hydrogen (secondary N) is 3. The third-order valence-electron chi connectivity index (χ3n) is 7.51. The summed E-state index contributed by atoms with van der Waals surface area (Å²) < 4.78 is 5.50. The number of aryl methyl sites for hydroxylation is 1. The second kappa shape index (κ2) is 17.2. The van der Waals surface area contributed by atoms with Crippen LogP contribution in [0.4, 0.5) is 0 Å². The summed E-state index contributed by atoms with van der Waals surface area (Å²) in [6.07, 6.45) is 0.320. The number of ketones is 1. The van der Waals surface area contributed by atoms with Crippen LogP contribution < -0.4 is 16.1 Å². The zero-order valence-electron chi connectivity index (χ0n) is 25.4. The van der Waals surface area contributed by atoms with E-state index >= 15 is 0 Å². The van der Waals surface area contributed by atoms with Crippen LogP contribution in [0.2, 0.25) is 0 Å². The molecule has 4 amide bonds. The molecule has 1 aromatic carbocycles. The first-order valence-corrected chi connectivity index (χ1v) is 14.9. The lowest BCUT2D eigenvalue weighted by Gasteiger charge is -2.37. The van der Waals surface area contributed by atoms with Gasteiger partial charge in [-0.25, -0.2) is 15.5 Å². The van der Waals surface area contributed by atoms with Crippen LogP contribution >= 0.6 is 0 Å². The van der Waals surface area contributed by atoms with E-state index in [1.165, 1.54) is 6.07 Å². The molecule has 0 radical (unpaired) electrons. The van der Waals surface area contributed by atoms with Crippen molar-refractivity contribution in [1.29, 1.82) is 0 Å². The Morgan fingerprint density at radius 2 is 2.00 bits per heavy atom. The number of Topliss-reactive ketones (excluding diaryl/α,β-unsaturated/α-hetero) is 1. The minimum atomic E-state index is -1.41. The monoisotopic (exact) mass is 648 g/mol. The first-order valence-electron chi connectivity index (χ1n) is 14.9. The molecule has 0 spiro atoms. The van der Waals surface area contributed by atoms with Crippen LogP contribution in [0.1, 0.15) is 49.7 Å². The number of hydrogen-bond donors (Lipinski definition) is 7. The van der Waals surface area contributed by atoms with Gasteiger partial charge in [0, 0.05) is 32.0 Å². The molecule has 4 unspecified atom stereocenters. The number of aliphatic imine (C=N–C) groups is 1. The summed E-state index contributed by atoms with van der Waals surface area (Å²) in [5.41, 5.74) is 3.98. The molecule has 2 aliphatic rings. The van der Waals surface area contributed by atoms with Gasteiger partial charge in [0.15, 0.2) is 11.8 Å². The highest BCUT2D eigenvalue weighted by Crippen LogP contribution is 2.24. The van der Waals surface area contributed by atoms with Gasteiger partial charge in [-0.3, -0.25) is 39.0 Å². The van der Waals surface area contributed by atoms with Gasteiger partial charge in [0.05, 0.1) is 18.6 Å². The van der Waals surface area contributed by atoms with Crippen molar-refractivity contribution in [2.45, 2.75) is 63.6 Å². The number of hydrogen-bond acceptors (Lipinski definition) is 12. The zero-order valence-corrected chi connectivity index (χ0v) is 25.4. The summed E-state index contributed by atoms with van der Waals surface area (Å²) in [4.78, 5) is 78.8. The molecular formula is C29H40N6O11. The molecule has 2 heterocycles. The van der Waals surface area contributed by atoms with Crippen LogP contribution in [0.3, 0.4) is 0 Å². The summed E-state index contributed by atoms with van der Waals surface area (Å²) in [5.74, 6) is -4.87. The molecule has 7 N–H and O–H groups in total. The second-order valence-corrected chi connectivity index (χ2v) is 11.0. The van der Waals surface area contributed by atoms with Crippen LogP contribution in [0.5, 0.6) is 5.75 Å². The molecule has 46 heavy (non-hydrogen) atoms. The molecule has 1 aromatic rings. The number of rotatable bonds is 17. The highest BCUT2D eigenvalue weighted by Gasteiger charge is 2.38. The Morgan fingerprint density at radius 3 is 2.70 bits per heavy atom. The van der Waals surface area contributed by atoms with Crippen molar-refractivity contribution in [2.75, 3.05) is 32.8 Å². The molecule has 2 aliphatic heterocycles. The lowest BCUT2D eigenvalue weighted by molar-refractivity contribution is -0.153. The molecule has 1 saturated heterocycles. The lowest BCUT2D eigenvalue weighted by Crippen LogP contribution is -2.60. The van der Waals surface area contributed by atoms with Crippen molar-refractivity contribution in [1.82, 2.24) is 26.1 Å². The number of aliphatic carboxylic acids is 1. The number of benzene rings is 1. The number of phenolic OH excluding ortho intramolecular Hbond substituents is 1. The van der Waals surface area contributed by atoms with Gasteiger partial charge in [0.1, 0.15) is 24.4 Å². The molecule has 252 valence electrons. The highest BCUT2D eigenvalue weighted by molar-refractivity contribution is 6.01. The number of carbonyl (C=O) groups excluding carboxylic acids is 5. The van der Waals surface area contributed by atoms with Crippen LogP contribution in [0.15, 0.2) is 23.2 Å². The molecule has 0 aliphatic carbocycles. The van der Waals surface area contributed by atoms with Gasteiger partial charge in [-0.15, -0.1) is 0 Å². The topological polar surface area (TPSA) is 247 Å². The maximum atomic E-state index is 13.7. The van der Waals surface area contributed by atoms with Gasteiger partial charge in [-0.1, -0.05) is 11.6 Å². The minimum Gasteiger partial charge on any atom is -0.507 e. The molecule has 17 heteroatoms. The first-order chi connectivity index (χ1) is 21.9. The van der Waals surface area contributed by atoms with Crippen molar-refractivity contribution < 1.29 is 54.0 Å². The van der Waals surface area contributed by atoms with Gasteiger partial charge in [0.25, 0.3) is 0 Å². The first kappa shape index (κ1) is 35.9.